The van der Waals surface area contributed by atoms with Crippen LogP contribution in [0.15, 0.2) is 11.7 Å². The first kappa shape index (κ1) is 13.9. The lowest BCUT2D eigenvalue weighted by Gasteiger charge is -2.19. The molecule has 0 bridgehead atoms. The molecule has 0 unspecified atom stereocenters. The molecule has 0 atom stereocenters. The lowest BCUT2D eigenvalue weighted by atomic mass is 10.4. The molecule has 4 N–H and O–H groups in total. The average molecular weight is 272 g/mol. The van der Waals surface area contributed by atoms with Crippen molar-refractivity contribution in [2.24, 2.45) is 5.73 Å². The molecule has 3 amide bonds. The minimum absolute atomic E-state index is 0.221. The van der Waals surface area contributed by atoms with Gasteiger partial charge in [0, 0.05) is 11.1 Å². The highest BCUT2D eigenvalue weighted by atomic mass is 32.1. The minimum atomic E-state index is -1.22. The molecule has 0 saturated carbocycles. The van der Waals surface area contributed by atoms with Crippen LogP contribution in [0.2, 0.25) is 0 Å². The highest BCUT2D eigenvalue weighted by Gasteiger charge is 2.18. The van der Waals surface area contributed by atoms with Crippen LogP contribution in [0.3, 0.4) is 0 Å². The largest absolute Gasteiger partial charge is 0.480 e. The van der Waals surface area contributed by atoms with Gasteiger partial charge in [-0.25, -0.2) is 4.79 Å². The van der Waals surface area contributed by atoms with E-state index < -0.39 is 31.0 Å². The summed E-state index contributed by atoms with van der Waals surface area (Å²) in [5.74, 6) is -1.99. The van der Waals surface area contributed by atoms with Crippen molar-refractivity contribution in [3.05, 3.63) is 16.6 Å². The van der Waals surface area contributed by atoms with Crippen LogP contribution >= 0.6 is 11.3 Å². The number of nitrogens with zero attached hydrogens (tertiary/aromatic N) is 2. The second-order valence-electron chi connectivity index (χ2n) is 3.34. The summed E-state index contributed by atoms with van der Waals surface area (Å²) in [5, 5.41) is 11.1. The zero-order valence-corrected chi connectivity index (χ0v) is 10.1. The Bertz CT molecular complexity index is 418. The maximum absolute atomic E-state index is 11.6. The van der Waals surface area contributed by atoms with Gasteiger partial charge in [0.25, 0.3) is 0 Å². The fraction of sp³-hybridized carbons (Fsp3) is 0.333. The van der Waals surface area contributed by atoms with Crippen LogP contribution in [0.4, 0.5) is 4.79 Å². The maximum Gasteiger partial charge on any atom is 0.323 e. The molecule has 0 spiro atoms. The first-order valence-corrected chi connectivity index (χ1v) is 5.77. The van der Waals surface area contributed by atoms with E-state index in [0.29, 0.717) is 0 Å². The Morgan fingerprint density at radius 3 is 2.67 bits per heavy atom. The summed E-state index contributed by atoms with van der Waals surface area (Å²) in [5.41, 5.74) is 6.55. The molecular formula is C9H12N4O4S. The molecule has 9 heteroatoms. The van der Waals surface area contributed by atoms with Crippen LogP contribution in [-0.2, 0) is 16.1 Å². The Morgan fingerprint density at radius 2 is 2.17 bits per heavy atom. The summed E-state index contributed by atoms with van der Waals surface area (Å²) >= 11 is 1.35. The van der Waals surface area contributed by atoms with E-state index in [9.17, 15) is 14.4 Å². The summed E-state index contributed by atoms with van der Waals surface area (Å²) in [6, 6.07) is -0.662. The third-order valence-corrected chi connectivity index (χ3v) is 2.64. The molecule has 0 aliphatic carbocycles. The molecule has 1 heterocycles. The van der Waals surface area contributed by atoms with Crippen LogP contribution in [-0.4, -0.2) is 46.0 Å². The summed E-state index contributed by atoms with van der Waals surface area (Å²) in [7, 11) is 0. The highest BCUT2D eigenvalue weighted by Crippen LogP contribution is 2.04. The summed E-state index contributed by atoms with van der Waals surface area (Å²) in [4.78, 5) is 38.4. The number of rotatable bonds is 6. The van der Waals surface area contributed by atoms with Gasteiger partial charge in [-0.15, -0.1) is 11.3 Å². The Morgan fingerprint density at radius 1 is 1.44 bits per heavy atom. The van der Waals surface area contributed by atoms with Gasteiger partial charge in [-0.3, -0.25) is 14.6 Å². The summed E-state index contributed by atoms with van der Waals surface area (Å²) < 4.78 is 0. The predicted octanol–water partition coefficient (Wildman–Crippen LogP) is -0.775. The number of carboxylic acids is 1. The fourth-order valence-corrected chi connectivity index (χ4v) is 1.69. The van der Waals surface area contributed by atoms with Crippen molar-refractivity contribution in [1.82, 2.24) is 15.2 Å². The van der Waals surface area contributed by atoms with Crippen molar-refractivity contribution < 1.29 is 19.5 Å². The van der Waals surface area contributed by atoms with Crippen molar-refractivity contribution in [2.45, 2.75) is 6.54 Å². The van der Waals surface area contributed by atoms with E-state index >= 15 is 0 Å². The van der Waals surface area contributed by atoms with Gasteiger partial charge >= 0.3 is 12.0 Å². The van der Waals surface area contributed by atoms with Gasteiger partial charge in [-0.05, 0) is 0 Å². The molecule has 8 nitrogen and oxygen atoms in total. The zero-order valence-electron chi connectivity index (χ0n) is 9.33. The molecule has 0 fully saturated rings. The van der Waals surface area contributed by atoms with Gasteiger partial charge in [0.2, 0.25) is 5.91 Å². The number of hydrogen-bond donors (Lipinski definition) is 3. The quantitative estimate of drug-likeness (QED) is 0.626. The normalized spacial score (nSPS) is 9.78. The molecular weight excluding hydrogens is 260 g/mol. The number of carboxylic acid groups (broad SMARTS) is 1. The van der Waals surface area contributed by atoms with E-state index in [2.05, 4.69) is 10.3 Å². The molecule has 18 heavy (non-hydrogen) atoms. The Balaban J connectivity index is 2.52. The fourth-order valence-electron chi connectivity index (χ4n) is 1.15. The third kappa shape index (κ3) is 4.78. The van der Waals surface area contributed by atoms with E-state index in [0.717, 1.165) is 9.78 Å². The standard InChI is InChI=1S/C9H12N4O4S/c10-7(14)3-13(4-8(15)16)9(17)12-2-6-1-11-5-18-6/h1,5H,2-4H2,(H2,10,14)(H,12,17)(H,15,16). The van der Waals surface area contributed by atoms with Gasteiger partial charge in [0.1, 0.15) is 13.1 Å². The monoisotopic (exact) mass is 272 g/mol. The number of urea groups is 1. The second kappa shape index (κ2) is 6.55. The van der Waals surface area contributed by atoms with Crippen LogP contribution in [0.25, 0.3) is 0 Å². The number of nitrogens with two attached hydrogens (primary N) is 1. The van der Waals surface area contributed by atoms with Crippen LogP contribution in [0, 0.1) is 0 Å². The van der Waals surface area contributed by atoms with E-state index in [4.69, 9.17) is 10.8 Å². The van der Waals surface area contributed by atoms with E-state index in [1.54, 1.807) is 11.7 Å². The molecule has 1 aromatic heterocycles. The van der Waals surface area contributed by atoms with Crippen molar-refractivity contribution in [2.75, 3.05) is 13.1 Å². The SMILES string of the molecule is NC(=O)CN(CC(=O)O)C(=O)NCc1cncs1. The van der Waals surface area contributed by atoms with Gasteiger partial charge in [-0.1, -0.05) is 0 Å². The third-order valence-electron chi connectivity index (χ3n) is 1.86. The number of thiazole rings is 1. The average Bonchev–Trinajstić information content (AvgIpc) is 2.76. The molecule has 0 saturated heterocycles. The topological polar surface area (TPSA) is 126 Å². The number of carbonyl (C=O) groups excluding carboxylic acids is 2. The lowest BCUT2D eigenvalue weighted by molar-refractivity contribution is -0.137. The second-order valence-corrected chi connectivity index (χ2v) is 4.31. The molecule has 0 aliphatic rings. The number of aromatic nitrogens is 1. The first-order chi connectivity index (χ1) is 8.49. The zero-order chi connectivity index (χ0) is 13.5. The van der Waals surface area contributed by atoms with Gasteiger partial charge in [0.15, 0.2) is 0 Å². The van der Waals surface area contributed by atoms with Gasteiger partial charge < -0.3 is 21.1 Å². The number of hydrogen-bond acceptors (Lipinski definition) is 5. The van der Waals surface area contributed by atoms with Crippen LogP contribution < -0.4 is 11.1 Å². The van der Waals surface area contributed by atoms with Crippen LogP contribution in [0.5, 0.6) is 0 Å². The van der Waals surface area contributed by atoms with Crippen molar-refractivity contribution in [3.63, 3.8) is 0 Å². The van der Waals surface area contributed by atoms with Gasteiger partial charge in [0.05, 0.1) is 12.1 Å². The predicted molar refractivity (Wildman–Crippen MR) is 62.8 cm³/mol. The molecule has 0 aromatic carbocycles. The Labute approximate surface area is 106 Å². The molecule has 0 radical (unpaired) electrons. The molecule has 1 rings (SSSR count). The number of amides is 3. The van der Waals surface area contributed by atoms with Crippen molar-refractivity contribution in [3.8, 4) is 0 Å². The number of primary amides is 1. The first-order valence-electron chi connectivity index (χ1n) is 4.89. The summed E-state index contributed by atoms with van der Waals surface area (Å²) in [6.45, 7) is -0.809. The van der Waals surface area contributed by atoms with Crippen molar-refractivity contribution >= 4 is 29.2 Å². The molecule has 1 aromatic rings. The highest BCUT2D eigenvalue weighted by molar-refractivity contribution is 7.09. The number of nitrogens with one attached hydrogen (secondary N) is 1. The Hall–Kier alpha value is -2.16. The van der Waals surface area contributed by atoms with E-state index in [1.807, 2.05) is 0 Å². The van der Waals surface area contributed by atoms with Crippen molar-refractivity contribution in [1.29, 1.82) is 0 Å². The van der Waals surface area contributed by atoms with Gasteiger partial charge in [-0.2, -0.15) is 0 Å². The van der Waals surface area contributed by atoms with E-state index in [1.165, 1.54) is 11.3 Å². The smallest absolute Gasteiger partial charge is 0.323 e. The number of aliphatic carboxylic acids is 1. The van der Waals surface area contributed by atoms with E-state index in [-0.39, 0.29) is 6.54 Å². The maximum atomic E-state index is 11.6. The molecule has 0 aliphatic heterocycles. The summed E-state index contributed by atoms with van der Waals surface area (Å²) in [6.07, 6.45) is 1.58. The lowest BCUT2D eigenvalue weighted by Crippen LogP contribution is -2.46. The molecule has 98 valence electrons. The minimum Gasteiger partial charge on any atom is -0.480 e. The number of carbonyl (C=O) groups is 3. The Kier molecular flexibility index (Phi) is 5.06. The van der Waals surface area contributed by atoms with Crippen LogP contribution in [0.1, 0.15) is 4.88 Å².